The fraction of sp³-hybridized carbons (Fsp3) is 0.610. The highest BCUT2D eigenvalue weighted by Gasteiger charge is 2.43. The lowest BCUT2D eigenvalue weighted by Gasteiger charge is -2.41. The Bertz CT molecular complexity index is 1600. The van der Waals surface area contributed by atoms with E-state index >= 15 is 0 Å². The van der Waals surface area contributed by atoms with Crippen molar-refractivity contribution < 1.29 is 38.5 Å². The van der Waals surface area contributed by atoms with Crippen molar-refractivity contribution in [2.45, 2.75) is 111 Å². The quantitative estimate of drug-likeness (QED) is 0.157. The number of nitrogens with zero attached hydrogens (tertiary/aromatic N) is 1. The van der Waals surface area contributed by atoms with E-state index in [0.717, 1.165) is 36.0 Å². The van der Waals surface area contributed by atoms with Gasteiger partial charge in [-0.2, -0.15) is 0 Å². The number of rotatable bonds is 16. The molecule has 4 rings (SSSR count). The molecule has 13 nitrogen and oxygen atoms in total. The lowest BCUT2D eigenvalue weighted by molar-refractivity contribution is -0.147. The van der Waals surface area contributed by atoms with Crippen LogP contribution in [-0.2, 0) is 43.2 Å². The maximum absolute atomic E-state index is 14.6. The van der Waals surface area contributed by atoms with Crippen LogP contribution in [0, 0.1) is 10.8 Å². The van der Waals surface area contributed by atoms with Gasteiger partial charge in [-0.1, -0.05) is 71.9 Å². The zero-order valence-electron chi connectivity index (χ0n) is 33.3. The van der Waals surface area contributed by atoms with Gasteiger partial charge in [0.15, 0.2) is 0 Å². The third-order valence-electron chi connectivity index (χ3n) is 10.3. The molecule has 1 unspecified atom stereocenters. The normalized spacial score (nSPS) is 18.7. The maximum Gasteiger partial charge on any atom is 0.404 e. The predicted molar refractivity (Wildman–Crippen MR) is 206 cm³/mol. The van der Waals surface area contributed by atoms with E-state index in [1.807, 2.05) is 71.9 Å². The number of carbonyl (C=O) groups is 4. The lowest BCUT2D eigenvalue weighted by Crippen LogP contribution is -2.62. The summed E-state index contributed by atoms with van der Waals surface area (Å²) in [6.07, 6.45) is 1.68. The Morgan fingerprint density at radius 2 is 1.65 bits per heavy atom. The number of carboxylic acid groups (broad SMARTS) is 1. The van der Waals surface area contributed by atoms with Gasteiger partial charge in [-0.05, 0) is 78.5 Å². The van der Waals surface area contributed by atoms with Gasteiger partial charge in [-0.3, -0.25) is 14.4 Å². The van der Waals surface area contributed by atoms with Gasteiger partial charge < -0.3 is 45.5 Å². The first-order valence-electron chi connectivity index (χ1n) is 19.1. The zero-order valence-corrected chi connectivity index (χ0v) is 33.3. The highest BCUT2D eigenvalue weighted by Crippen LogP contribution is 2.33. The first-order valence-corrected chi connectivity index (χ1v) is 19.1. The van der Waals surface area contributed by atoms with Gasteiger partial charge in [0.2, 0.25) is 17.7 Å². The maximum atomic E-state index is 14.6. The number of hydrogen-bond acceptors (Lipinski definition) is 8. The van der Waals surface area contributed by atoms with Crippen LogP contribution in [0.4, 0.5) is 4.79 Å². The number of benzene rings is 2. The van der Waals surface area contributed by atoms with Crippen LogP contribution in [0.25, 0.3) is 0 Å². The molecule has 5 N–H and O–H groups in total. The number of amides is 4. The Labute approximate surface area is 320 Å². The Hall–Kier alpha value is -4.20. The number of ether oxygens (including phenoxy) is 3. The highest BCUT2D eigenvalue weighted by molar-refractivity contribution is 5.94. The van der Waals surface area contributed by atoms with Crippen LogP contribution in [0.3, 0.4) is 0 Å². The summed E-state index contributed by atoms with van der Waals surface area (Å²) in [5.74, 6) is -0.217. The molecule has 0 spiro atoms. The Kier molecular flexibility index (Phi) is 14.9. The molecule has 0 fully saturated rings. The fourth-order valence-electron chi connectivity index (χ4n) is 6.87. The van der Waals surface area contributed by atoms with Crippen molar-refractivity contribution in [3.8, 4) is 5.75 Å². The van der Waals surface area contributed by atoms with Crippen molar-refractivity contribution in [1.29, 1.82) is 0 Å². The van der Waals surface area contributed by atoms with Gasteiger partial charge >= 0.3 is 6.09 Å². The Morgan fingerprint density at radius 1 is 0.926 bits per heavy atom. The van der Waals surface area contributed by atoms with Gasteiger partial charge in [-0.25, -0.2) is 4.79 Å². The molecule has 13 heteroatoms. The molecule has 298 valence electrons. The van der Waals surface area contributed by atoms with Crippen LogP contribution in [0.2, 0.25) is 0 Å². The number of hydrogen-bond donors (Lipinski definition) is 5. The van der Waals surface area contributed by atoms with Crippen molar-refractivity contribution in [3.05, 3.63) is 64.7 Å². The molecule has 2 aromatic rings. The molecular weight excluding hydrogens is 690 g/mol. The number of nitrogens with one attached hydrogen (secondary N) is 4. The number of fused-ring (bicyclic) bond motifs is 2. The smallest absolute Gasteiger partial charge is 0.404 e. The van der Waals surface area contributed by atoms with Crippen molar-refractivity contribution in [2.75, 3.05) is 40.0 Å². The van der Waals surface area contributed by atoms with Crippen molar-refractivity contribution >= 4 is 23.8 Å². The zero-order chi connectivity index (χ0) is 39.6. The van der Waals surface area contributed by atoms with E-state index in [9.17, 15) is 19.2 Å². The largest absolute Gasteiger partial charge is 0.491 e. The number of carbonyl (C=O) groups excluding carboxylic acids is 3. The molecule has 0 aromatic heterocycles. The van der Waals surface area contributed by atoms with Crippen LogP contribution in [0.5, 0.6) is 5.75 Å². The minimum atomic E-state index is -1.09. The van der Waals surface area contributed by atoms with Gasteiger partial charge in [0.25, 0.3) is 0 Å². The molecule has 0 saturated heterocycles. The molecule has 1 aliphatic carbocycles. The monoisotopic (exact) mass is 751 g/mol. The summed E-state index contributed by atoms with van der Waals surface area (Å²) < 4.78 is 17.6. The summed E-state index contributed by atoms with van der Waals surface area (Å²) >= 11 is 0. The summed E-state index contributed by atoms with van der Waals surface area (Å²) in [5, 5.41) is 20.5. The SMILES string of the molecule is CN[C@@H](C)C(=O)N[C@H](C(=O)N1Cc2cc(OCCOCCOC(CNC(=O)O)C(C)(C)C)ccc2C[C@H]1C(=O)N[C@@H]1CCCc2ccccc21)C(C)(C)C. The standard InChI is InChI=1S/C41H61N5O8/c1-26(42-8)36(47)45-35(41(5,6)7)38(49)46-25-29-22-30(53-20-18-52-19-21-54-34(40(2,3)4)24-43-39(50)51)17-16-28(29)23-33(46)37(48)44-32-15-11-13-27-12-9-10-14-31(27)32/h9-10,12,14,16-17,22,26,32-35,42-43H,11,13,15,18-21,23-25H2,1-8H3,(H,44,48)(H,45,47)(H,50,51)/t26-,32+,33-,34?,35+/m0/s1. The van der Waals surface area contributed by atoms with E-state index in [2.05, 4.69) is 33.4 Å². The molecule has 1 heterocycles. The molecule has 2 aromatic carbocycles. The third kappa shape index (κ3) is 11.6. The Morgan fingerprint density at radius 3 is 2.33 bits per heavy atom. The predicted octanol–water partition coefficient (Wildman–Crippen LogP) is 4.37. The van der Waals surface area contributed by atoms with E-state index in [1.165, 1.54) is 5.56 Å². The lowest BCUT2D eigenvalue weighted by atomic mass is 9.83. The average molecular weight is 752 g/mol. The second-order valence-corrected chi connectivity index (χ2v) is 16.5. The summed E-state index contributed by atoms with van der Waals surface area (Å²) in [6.45, 7) is 15.0. The summed E-state index contributed by atoms with van der Waals surface area (Å²) in [7, 11) is 1.69. The first-order chi connectivity index (χ1) is 25.5. The van der Waals surface area contributed by atoms with E-state index in [4.69, 9.17) is 19.3 Å². The summed E-state index contributed by atoms with van der Waals surface area (Å²) in [6, 6.07) is 11.6. The molecule has 0 saturated carbocycles. The minimum absolute atomic E-state index is 0.145. The molecule has 2 aliphatic rings. The van der Waals surface area contributed by atoms with Crippen molar-refractivity contribution in [2.24, 2.45) is 10.8 Å². The molecular formula is C41H61N5O8. The van der Waals surface area contributed by atoms with Gasteiger partial charge in [0.1, 0.15) is 24.4 Å². The van der Waals surface area contributed by atoms with Crippen LogP contribution in [0.1, 0.15) is 89.6 Å². The van der Waals surface area contributed by atoms with Gasteiger partial charge in [-0.15, -0.1) is 0 Å². The van der Waals surface area contributed by atoms with Crippen LogP contribution in [0.15, 0.2) is 42.5 Å². The fourth-order valence-corrected chi connectivity index (χ4v) is 6.87. The Balaban J connectivity index is 1.46. The molecule has 4 amide bonds. The summed E-state index contributed by atoms with van der Waals surface area (Å²) in [4.78, 5) is 54.4. The van der Waals surface area contributed by atoms with E-state index in [0.29, 0.717) is 32.0 Å². The topological polar surface area (TPSA) is 168 Å². The molecule has 1 aliphatic heterocycles. The number of aryl methyl sites for hydroxylation is 1. The van der Waals surface area contributed by atoms with Crippen molar-refractivity contribution in [1.82, 2.24) is 26.2 Å². The first kappa shape index (κ1) is 42.5. The average Bonchev–Trinajstić information content (AvgIpc) is 3.12. The number of likely N-dealkylation sites (N-methyl/N-ethyl adjacent to an activating group) is 1. The van der Waals surface area contributed by atoms with Crippen LogP contribution in [-0.4, -0.2) is 98.1 Å². The second kappa shape index (κ2) is 18.9. The van der Waals surface area contributed by atoms with Gasteiger partial charge in [0.05, 0.1) is 38.0 Å². The second-order valence-electron chi connectivity index (χ2n) is 16.5. The van der Waals surface area contributed by atoms with Gasteiger partial charge in [0, 0.05) is 19.5 Å². The highest BCUT2D eigenvalue weighted by atomic mass is 16.5. The van der Waals surface area contributed by atoms with Crippen LogP contribution >= 0.6 is 0 Å². The summed E-state index contributed by atoms with van der Waals surface area (Å²) in [5.41, 5.74) is 3.28. The molecule has 0 radical (unpaired) electrons. The van der Waals surface area contributed by atoms with E-state index in [1.54, 1.807) is 18.9 Å². The third-order valence-corrected chi connectivity index (χ3v) is 10.3. The molecule has 0 bridgehead atoms. The van der Waals surface area contributed by atoms with E-state index < -0.39 is 29.6 Å². The molecule has 5 atom stereocenters. The minimum Gasteiger partial charge on any atom is -0.491 e. The molecule has 54 heavy (non-hydrogen) atoms. The van der Waals surface area contributed by atoms with Crippen molar-refractivity contribution in [3.63, 3.8) is 0 Å². The van der Waals surface area contributed by atoms with Crippen LogP contribution < -0.4 is 26.0 Å². The van der Waals surface area contributed by atoms with E-state index in [-0.39, 0.29) is 55.0 Å².